The molecule has 0 spiro atoms. The van der Waals surface area contributed by atoms with Gasteiger partial charge in [0.15, 0.2) is 0 Å². The first-order valence-electron chi connectivity index (χ1n) is 9.52. The van der Waals surface area contributed by atoms with E-state index in [2.05, 4.69) is 10.0 Å². The van der Waals surface area contributed by atoms with E-state index in [0.717, 1.165) is 30.3 Å². The molecule has 1 atom stereocenters. The molecule has 11 nitrogen and oxygen atoms in total. The Morgan fingerprint density at radius 3 is 2.47 bits per heavy atom. The van der Waals surface area contributed by atoms with Crippen LogP contribution >= 0.6 is 0 Å². The van der Waals surface area contributed by atoms with Gasteiger partial charge in [-0.3, -0.25) is 14.9 Å². The Labute approximate surface area is 183 Å². The van der Waals surface area contributed by atoms with Crippen molar-refractivity contribution in [2.45, 2.75) is 11.0 Å². The van der Waals surface area contributed by atoms with E-state index in [1.807, 2.05) is 4.90 Å². The predicted octanol–water partition coefficient (Wildman–Crippen LogP) is 0.848. The van der Waals surface area contributed by atoms with Crippen molar-refractivity contribution in [2.75, 3.05) is 43.1 Å². The molecule has 1 heterocycles. The van der Waals surface area contributed by atoms with Crippen molar-refractivity contribution >= 4 is 33.0 Å². The zero-order valence-electron chi connectivity index (χ0n) is 16.7. The molecule has 2 aromatic carbocycles. The van der Waals surface area contributed by atoms with Crippen molar-refractivity contribution < 1.29 is 32.4 Å². The Morgan fingerprint density at radius 2 is 1.88 bits per heavy atom. The number of non-ortho nitro benzene ring substituents is 1. The van der Waals surface area contributed by atoms with Crippen LogP contribution in [0.4, 0.5) is 21.5 Å². The zero-order chi connectivity index (χ0) is 23.3. The van der Waals surface area contributed by atoms with E-state index >= 15 is 0 Å². The minimum atomic E-state index is -4.12. The quantitative estimate of drug-likeness (QED) is 0.381. The van der Waals surface area contributed by atoms with Crippen molar-refractivity contribution in [3.8, 4) is 0 Å². The summed E-state index contributed by atoms with van der Waals surface area (Å²) in [5, 5.41) is 23.0. The van der Waals surface area contributed by atoms with E-state index in [1.165, 1.54) is 12.1 Å². The molecule has 32 heavy (non-hydrogen) atoms. The summed E-state index contributed by atoms with van der Waals surface area (Å²) in [7, 11) is -4.12. The molecule has 3 rings (SSSR count). The third kappa shape index (κ3) is 5.76. The summed E-state index contributed by atoms with van der Waals surface area (Å²) in [6.07, 6.45) is -1.76. The first-order valence-corrected chi connectivity index (χ1v) is 11.0. The maximum Gasteiger partial charge on any atom is 0.269 e. The van der Waals surface area contributed by atoms with Gasteiger partial charge in [-0.25, -0.2) is 17.5 Å². The number of benzene rings is 2. The number of aliphatic hydroxyl groups is 1. The molecule has 3 N–H and O–H groups in total. The fraction of sp³-hybridized carbons (Fsp3) is 0.316. The number of morpholine rings is 1. The van der Waals surface area contributed by atoms with E-state index in [1.54, 1.807) is 0 Å². The Hall–Kier alpha value is -3.13. The van der Waals surface area contributed by atoms with Gasteiger partial charge in [0, 0.05) is 37.5 Å². The van der Waals surface area contributed by atoms with Crippen LogP contribution in [0.25, 0.3) is 0 Å². The van der Waals surface area contributed by atoms with Gasteiger partial charge in [0.05, 0.1) is 28.7 Å². The first kappa shape index (κ1) is 23.5. The fourth-order valence-corrected chi connectivity index (χ4v) is 4.02. The van der Waals surface area contributed by atoms with Crippen LogP contribution < -0.4 is 14.9 Å². The Kier molecular flexibility index (Phi) is 7.35. The summed E-state index contributed by atoms with van der Waals surface area (Å²) in [6, 6.07) is 8.19. The van der Waals surface area contributed by atoms with Crippen LogP contribution in [0.3, 0.4) is 0 Å². The van der Waals surface area contributed by atoms with Crippen molar-refractivity contribution in [1.29, 1.82) is 0 Å². The maximum absolute atomic E-state index is 14.4. The third-order valence-corrected chi connectivity index (χ3v) is 6.13. The molecular weight excluding hydrogens is 447 g/mol. The lowest BCUT2D eigenvalue weighted by molar-refractivity contribution is -0.384. The molecule has 2 aromatic rings. The number of ether oxygens (including phenoxy) is 1. The number of hydrogen-bond donors (Lipinski definition) is 3. The minimum Gasteiger partial charge on any atom is -0.382 e. The molecule has 0 unspecified atom stereocenters. The van der Waals surface area contributed by atoms with E-state index in [4.69, 9.17) is 4.74 Å². The third-order valence-electron chi connectivity index (χ3n) is 4.69. The lowest BCUT2D eigenvalue weighted by Gasteiger charge is -2.29. The number of anilines is 2. The van der Waals surface area contributed by atoms with Gasteiger partial charge in [-0.1, -0.05) is 0 Å². The van der Waals surface area contributed by atoms with Crippen LogP contribution in [0, 0.1) is 15.9 Å². The van der Waals surface area contributed by atoms with E-state index in [-0.39, 0.29) is 16.3 Å². The number of amides is 1. The molecule has 1 aliphatic heterocycles. The van der Waals surface area contributed by atoms with Crippen molar-refractivity contribution in [1.82, 2.24) is 4.72 Å². The SMILES string of the molecule is O=C(Nc1ccc(N2CCOCC2)c(F)c1)[C@@H](O)CNS(=O)(=O)c1ccc([N+](=O)[O-])cc1. The molecule has 1 aliphatic rings. The molecule has 0 aromatic heterocycles. The number of sulfonamides is 1. The molecule has 0 saturated carbocycles. The van der Waals surface area contributed by atoms with Crippen LogP contribution in [-0.4, -0.2) is 63.3 Å². The lowest BCUT2D eigenvalue weighted by Crippen LogP contribution is -2.39. The molecule has 0 bridgehead atoms. The lowest BCUT2D eigenvalue weighted by atomic mass is 10.2. The minimum absolute atomic E-state index is 0.0989. The van der Waals surface area contributed by atoms with Crippen molar-refractivity contribution in [3.63, 3.8) is 0 Å². The highest BCUT2D eigenvalue weighted by Crippen LogP contribution is 2.24. The highest BCUT2D eigenvalue weighted by atomic mass is 32.2. The zero-order valence-corrected chi connectivity index (χ0v) is 17.5. The summed E-state index contributed by atoms with van der Waals surface area (Å²) in [4.78, 5) is 23.7. The number of nitrogens with one attached hydrogen (secondary N) is 2. The Morgan fingerprint density at radius 1 is 1.22 bits per heavy atom. The average Bonchev–Trinajstić information content (AvgIpc) is 2.78. The molecule has 1 fully saturated rings. The average molecular weight is 468 g/mol. The van der Waals surface area contributed by atoms with Gasteiger partial charge in [-0.2, -0.15) is 0 Å². The summed E-state index contributed by atoms with van der Waals surface area (Å²) in [5.41, 5.74) is 0.180. The maximum atomic E-state index is 14.4. The second-order valence-electron chi connectivity index (χ2n) is 6.87. The number of nitro groups is 1. The van der Waals surface area contributed by atoms with E-state index in [9.17, 15) is 32.8 Å². The standard InChI is InChI=1S/C19H21FN4O7S/c20-16-11-13(1-6-17(16)23-7-9-31-10-8-23)22-19(26)18(25)12-21-32(29,30)15-4-2-14(3-5-15)24(27)28/h1-6,11,18,21,25H,7-10,12H2,(H,22,26)/t18-/m0/s1. The summed E-state index contributed by atoms with van der Waals surface area (Å²) >= 11 is 0. The number of nitrogens with zero attached hydrogens (tertiary/aromatic N) is 2. The molecular formula is C19H21FN4O7S. The van der Waals surface area contributed by atoms with Gasteiger partial charge >= 0.3 is 0 Å². The van der Waals surface area contributed by atoms with Crippen LogP contribution in [-0.2, 0) is 19.6 Å². The van der Waals surface area contributed by atoms with E-state index in [0.29, 0.717) is 32.0 Å². The van der Waals surface area contributed by atoms with Gasteiger partial charge in [0.25, 0.3) is 11.6 Å². The summed E-state index contributed by atoms with van der Waals surface area (Å²) < 4.78 is 46.2. The number of hydrogen-bond acceptors (Lipinski definition) is 8. The smallest absolute Gasteiger partial charge is 0.269 e. The molecule has 172 valence electrons. The van der Waals surface area contributed by atoms with Crippen LogP contribution in [0.1, 0.15) is 0 Å². The number of nitro benzene ring substituents is 1. The monoisotopic (exact) mass is 468 g/mol. The number of carbonyl (C=O) groups excluding carboxylic acids is 1. The Balaban J connectivity index is 1.57. The molecule has 0 aliphatic carbocycles. The normalized spacial score (nSPS) is 15.2. The van der Waals surface area contributed by atoms with Gasteiger partial charge in [0.1, 0.15) is 11.9 Å². The van der Waals surface area contributed by atoms with Gasteiger partial charge in [-0.05, 0) is 30.3 Å². The van der Waals surface area contributed by atoms with Gasteiger partial charge in [0.2, 0.25) is 10.0 Å². The number of aliphatic hydroxyl groups excluding tert-OH is 1. The predicted molar refractivity (Wildman–Crippen MR) is 112 cm³/mol. The summed E-state index contributed by atoms with van der Waals surface area (Å²) in [5.74, 6) is -1.49. The van der Waals surface area contributed by atoms with Gasteiger partial charge < -0.3 is 20.1 Å². The molecule has 13 heteroatoms. The largest absolute Gasteiger partial charge is 0.382 e. The van der Waals surface area contributed by atoms with Crippen LogP contribution in [0.2, 0.25) is 0 Å². The topological polar surface area (TPSA) is 151 Å². The van der Waals surface area contributed by atoms with Crippen molar-refractivity contribution in [3.05, 3.63) is 58.4 Å². The van der Waals surface area contributed by atoms with E-state index < -0.39 is 39.3 Å². The molecule has 1 amide bonds. The number of halogens is 1. The first-order chi connectivity index (χ1) is 15.2. The summed E-state index contributed by atoms with van der Waals surface area (Å²) in [6.45, 7) is 1.39. The molecule has 1 saturated heterocycles. The van der Waals surface area contributed by atoms with Gasteiger partial charge in [-0.15, -0.1) is 0 Å². The fourth-order valence-electron chi connectivity index (χ4n) is 2.98. The second-order valence-corrected chi connectivity index (χ2v) is 8.64. The second kappa shape index (κ2) is 9.99. The highest BCUT2D eigenvalue weighted by molar-refractivity contribution is 7.89. The highest BCUT2D eigenvalue weighted by Gasteiger charge is 2.22. The van der Waals surface area contributed by atoms with Crippen molar-refractivity contribution in [2.24, 2.45) is 0 Å². The number of carbonyl (C=O) groups is 1. The number of rotatable bonds is 8. The Bertz CT molecular complexity index is 1090. The molecule has 0 radical (unpaired) electrons. The van der Waals surface area contributed by atoms with Crippen LogP contribution in [0.5, 0.6) is 0 Å². The van der Waals surface area contributed by atoms with Crippen LogP contribution in [0.15, 0.2) is 47.4 Å².